The predicted molar refractivity (Wildman–Crippen MR) is 63.6 cm³/mol. The molecule has 0 amide bonds. The molecule has 2 unspecified atom stereocenters. The molecule has 0 saturated heterocycles. The van der Waals surface area contributed by atoms with Crippen LogP contribution in [0.2, 0.25) is 5.21 Å². The molecule has 72 valence electrons. The van der Waals surface area contributed by atoms with Gasteiger partial charge in [0.25, 0.3) is 0 Å². The molecule has 0 spiro atoms. The van der Waals surface area contributed by atoms with Crippen molar-refractivity contribution < 1.29 is 0 Å². The molecule has 0 radical (unpaired) electrons. The van der Waals surface area contributed by atoms with Crippen LogP contribution in [0.5, 0.6) is 0 Å². The van der Waals surface area contributed by atoms with Gasteiger partial charge in [-0.25, -0.2) is 0 Å². The first-order valence-corrected chi connectivity index (χ1v) is 6.07. The molecule has 2 saturated carbocycles. The maximum atomic E-state index is 2.43. The topological polar surface area (TPSA) is 0 Å². The van der Waals surface area contributed by atoms with E-state index in [-0.39, 0.29) is 0 Å². The predicted octanol–water partition coefficient (Wildman–Crippen LogP) is 1.61. The van der Waals surface area contributed by atoms with Crippen LogP contribution in [0.4, 0.5) is 0 Å². The van der Waals surface area contributed by atoms with Crippen molar-refractivity contribution in [2.24, 2.45) is 17.8 Å². The summed E-state index contributed by atoms with van der Waals surface area (Å²) in [5, 5.41) is 0.567. The first-order chi connectivity index (χ1) is 6.07. The summed E-state index contributed by atoms with van der Waals surface area (Å²) in [7, 11) is 4.85. The summed E-state index contributed by atoms with van der Waals surface area (Å²) >= 11 is 0. The fourth-order valence-corrected chi connectivity index (χ4v) is 3.44. The maximum Gasteiger partial charge on any atom is 0.0992 e. The molecule has 2 aliphatic carbocycles. The summed E-state index contributed by atoms with van der Waals surface area (Å²) < 4.78 is 0. The van der Waals surface area contributed by atoms with Gasteiger partial charge in [-0.15, -0.1) is 0 Å². The minimum atomic E-state index is 0.567. The van der Waals surface area contributed by atoms with Gasteiger partial charge >= 0.3 is 0 Å². The molecule has 2 fully saturated rings. The lowest BCUT2D eigenvalue weighted by molar-refractivity contribution is 0.277. The van der Waals surface area contributed by atoms with Gasteiger partial charge in [-0.2, -0.15) is 0 Å². The first-order valence-electron chi connectivity index (χ1n) is 6.07. The minimum Gasteiger partial charge on any atom is -0.0845 e. The summed E-state index contributed by atoms with van der Waals surface area (Å²) in [6.07, 6.45) is 9.17. The monoisotopic (exact) mass is 176 g/mol. The van der Waals surface area contributed by atoms with Crippen LogP contribution in [-0.2, 0) is 0 Å². The van der Waals surface area contributed by atoms with E-state index in [0.717, 1.165) is 17.8 Å². The summed E-state index contributed by atoms with van der Waals surface area (Å²) in [5.41, 5.74) is 0. The molecule has 0 aliphatic heterocycles. The minimum absolute atomic E-state index is 0.567. The average molecular weight is 176 g/mol. The molecule has 2 atom stereocenters. The van der Waals surface area contributed by atoms with E-state index in [2.05, 4.69) is 22.6 Å². The Morgan fingerprint density at radius 3 is 1.85 bits per heavy atom. The molecule has 2 aliphatic rings. The van der Waals surface area contributed by atoms with Gasteiger partial charge < -0.3 is 0 Å². The Morgan fingerprint density at radius 2 is 1.46 bits per heavy atom. The van der Waals surface area contributed by atoms with Crippen LogP contribution < -0.4 is 0 Å². The van der Waals surface area contributed by atoms with E-state index in [4.69, 9.17) is 0 Å². The first kappa shape index (κ1) is 9.68. The van der Waals surface area contributed by atoms with Crippen molar-refractivity contribution in [3.05, 3.63) is 0 Å². The van der Waals surface area contributed by atoms with Crippen molar-refractivity contribution in [2.45, 2.75) is 50.7 Å². The summed E-state index contributed by atoms with van der Waals surface area (Å²) in [4.78, 5) is 0. The molecule has 0 nitrogen and oxygen atoms in total. The Kier molecular flexibility index (Phi) is 2.50. The Bertz CT molecular complexity index is 169. The highest BCUT2D eigenvalue weighted by Gasteiger charge is 2.39. The normalized spacial score (nSPS) is 40.2. The molecule has 0 bridgehead atoms. The third-order valence-electron chi connectivity index (χ3n) is 4.47. The second kappa shape index (κ2) is 3.37. The fourth-order valence-electron chi connectivity index (χ4n) is 3.44. The van der Waals surface area contributed by atoms with Crippen molar-refractivity contribution in [3.63, 3.8) is 0 Å². The van der Waals surface area contributed by atoms with E-state index in [9.17, 15) is 0 Å². The van der Waals surface area contributed by atoms with Crippen LogP contribution >= 0.6 is 0 Å². The lowest BCUT2D eigenvalue weighted by atomic mass is 9.49. The standard InChI is InChI=1S/C11H22B2/c1-11(12,13)10-6-8-4-2-3-5-9(8)7-10/h8-10H,2-7,12-13H2,1H3. The van der Waals surface area contributed by atoms with E-state index in [1.165, 1.54) is 38.5 Å². The lowest BCUT2D eigenvalue weighted by Gasteiger charge is -2.27. The Labute approximate surface area is 84.7 Å². The average Bonchev–Trinajstić information content (AvgIpc) is 2.45. The third-order valence-corrected chi connectivity index (χ3v) is 4.47. The maximum absolute atomic E-state index is 2.43. The highest BCUT2D eigenvalue weighted by molar-refractivity contribution is 6.39. The molecule has 0 N–H and O–H groups in total. The van der Waals surface area contributed by atoms with Crippen LogP contribution in [0.25, 0.3) is 0 Å². The number of hydrogen-bond donors (Lipinski definition) is 0. The van der Waals surface area contributed by atoms with Crippen LogP contribution in [-0.4, -0.2) is 15.7 Å². The molecular formula is C11H22B2. The molecule has 0 aromatic carbocycles. The molecule has 0 aromatic heterocycles. The van der Waals surface area contributed by atoms with Gasteiger partial charge in [-0.3, -0.25) is 0 Å². The summed E-state index contributed by atoms with van der Waals surface area (Å²) in [6.45, 7) is 2.43. The van der Waals surface area contributed by atoms with Gasteiger partial charge in [-0.05, 0) is 30.6 Å². The molecule has 0 heterocycles. The number of rotatable bonds is 1. The number of hydrogen-bond acceptors (Lipinski definition) is 0. The second-order valence-corrected chi connectivity index (χ2v) is 6.34. The van der Waals surface area contributed by atoms with Crippen LogP contribution in [0.3, 0.4) is 0 Å². The third kappa shape index (κ3) is 1.97. The molecule has 2 rings (SSSR count). The van der Waals surface area contributed by atoms with Gasteiger partial charge in [-0.1, -0.05) is 37.8 Å². The van der Waals surface area contributed by atoms with Gasteiger partial charge in [0.2, 0.25) is 0 Å². The van der Waals surface area contributed by atoms with Crippen LogP contribution in [0.15, 0.2) is 0 Å². The van der Waals surface area contributed by atoms with Crippen LogP contribution in [0.1, 0.15) is 45.4 Å². The second-order valence-electron chi connectivity index (χ2n) is 6.34. The van der Waals surface area contributed by atoms with Crippen molar-refractivity contribution in [2.75, 3.05) is 0 Å². The SMILES string of the molecule is BC(B)(C)C1CC2CCCCC2C1. The van der Waals surface area contributed by atoms with Crippen molar-refractivity contribution in [1.82, 2.24) is 0 Å². The zero-order valence-corrected chi connectivity index (χ0v) is 9.47. The molecule has 2 heteroatoms. The Hall–Kier alpha value is 0.130. The highest BCUT2D eigenvalue weighted by Crippen LogP contribution is 2.51. The fraction of sp³-hybridized carbons (Fsp3) is 1.00. The summed E-state index contributed by atoms with van der Waals surface area (Å²) in [6, 6.07) is 0. The highest BCUT2D eigenvalue weighted by atomic mass is 14.4. The van der Waals surface area contributed by atoms with Gasteiger partial charge in [0.1, 0.15) is 0 Å². The van der Waals surface area contributed by atoms with E-state index < -0.39 is 0 Å². The number of fused-ring (bicyclic) bond motifs is 1. The van der Waals surface area contributed by atoms with E-state index >= 15 is 0 Å². The van der Waals surface area contributed by atoms with E-state index in [1.54, 1.807) is 0 Å². The van der Waals surface area contributed by atoms with E-state index in [1.807, 2.05) is 0 Å². The lowest BCUT2D eigenvalue weighted by Crippen LogP contribution is -2.18. The van der Waals surface area contributed by atoms with Crippen LogP contribution in [0, 0.1) is 17.8 Å². The van der Waals surface area contributed by atoms with Gasteiger partial charge in [0, 0.05) is 0 Å². The van der Waals surface area contributed by atoms with Gasteiger partial charge in [0.15, 0.2) is 0 Å². The quantitative estimate of drug-likeness (QED) is 0.532. The molecule has 0 aromatic rings. The largest absolute Gasteiger partial charge is 0.0992 e. The van der Waals surface area contributed by atoms with Crippen molar-refractivity contribution in [3.8, 4) is 0 Å². The zero-order chi connectivity index (χ0) is 9.47. The smallest absolute Gasteiger partial charge is 0.0845 e. The zero-order valence-electron chi connectivity index (χ0n) is 9.47. The Balaban J connectivity index is 1.99. The van der Waals surface area contributed by atoms with Crippen molar-refractivity contribution in [1.29, 1.82) is 0 Å². The molecule has 13 heavy (non-hydrogen) atoms. The van der Waals surface area contributed by atoms with E-state index in [0.29, 0.717) is 5.21 Å². The van der Waals surface area contributed by atoms with Crippen molar-refractivity contribution >= 4 is 15.7 Å². The Morgan fingerprint density at radius 1 is 1.00 bits per heavy atom. The molecular weight excluding hydrogens is 154 g/mol. The summed E-state index contributed by atoms with van der Waals surface area (Å²) in [5.74, 6) is 3.23. The van der Waals surface area contributed by atoms with Gasteiger partial charge in [0.05, 0.1) is 15.7 Å².